The van der Waals surface area contributed by atoms with Gasteiger partial charge in [0.15, 0.2) is 0 Å². The van der Waals surface area contributed by atoms with Gasteiger partial charge in [0, 0.05) is 0 Å². The third-order valence-corrected chi connectivity index (χ3v) is 11.4. The average molecular weight is 683 g/mol. The van der Waals surface area contributed by atoms with Gasteiger partial charge < -0.3 is 0 Å². The number of hydrogen-bond acceptors (Lipinski definition) is 0. The molecule has 0 aromatic heterocycles. The number of benzene rings is 11. The number of hydrogen-bond donors (Lipinski definition) is 0. The summed E-state index contributed by atoms with van der Waals surface area (Å²) in [6, 6.07) is 76.3. The van der Waals surface area contributed by atoms with Gasteiger partial charge in [0.25, 0.3) is 0 Å². The van der Waals surface area contributed by atoms with Crippen LogP contribution in [0.1, 0.15) is 0 Å². The molecule has 0 amide bonds. The van der Waals surface area contributed by atoms with E-state index < -0.39 is 0 Å². The van der Waals surface area contributed by atoms with Crippen LogP contribution in [0.3, 0.4) is 0 Å². The van der Waals surface area contributed by atoms with Gasteiger partial charge in [-0.15, -0.1) is 0 Å². The molecule has 0 aliphatic carbocycles. The van der Waals surface area contributed by atoms with E-state index in [0.717, 1.165) is 0 Å². The molecule has 0 atom stereocenters. The smallest absolute Gasteiger partial charge is 0.000719 e. The molecule has 0 fully saturated rings. The Morgan fingerprint density at radius 2 is 0.574 bits per heavy atom. The van der Waals surface area contributed by atoms with Crippen molar-refractivity contribution >= 4 is 64.6 Å². The normalized spacial score (nSPS) is 11.7. The first-order valence-electron chi connectivity index (χ1n) is 18.8. The quantitative estimate of drug-likeness (QED) is 0.162. The Morgan fingerprint density at radius 1 is 0.185 bits per heavy atom. The molecule has 0 heterocycles. The van der Waals surface area contributed by atoms with E-state index in [1.54, 1.807) is 0 Å². The largest absolute Gasteiger partial charge is 0.0622 e. The maximum absolute atomic E-state index is 2.42. The predicted octanol–water partition coefficient (Wildman–Crippen LogP) is 15.3. The van der Waals surface area contributed by atoms with E-state index in [1.807, 2.05) is 0 Å². The summed E-state index contributed by atoms with van der Waals surface area (Å²) >= 11 is 0. The van der Waals surface area contributed by atoms with Gasteiger partial charge in [-0.05, 0) is 109 Å². The SMILES string of the molecule is c1ccc(-c2ccc3ccccc3c2-c2ccc3c4ccccc4c4ccc5ccccc5c4c3c2-c2c(-c3ccccc3)ccc3ccccc23)cc1. The summed E-state index contributed by atoms with van der Waals surface area (Å²) in [6.45, 7) is 0. The molecule has 54 heavy (non-hydrogen) atoms. The first-order chi connectivity index (χ1) is 26.8. The highest BCUT2D eigenvalue weighted by Gasteiger charge is 2.25. The molecule has 0 saturated heterocycles. The summed E-state index contributed by atoms with van der Waals surface area (Å²) in [7, 11) is 0. The second-order valence-corrected chi connectivity index (χ2v) is 14.3. The monoisotopic (exact) mass is 682 g/mol. The van der Waals surface area contributed by atoms with Crippen molar-refractivity contribution in [3.63, 3.8) is 0 Å². The number of rotatable bonds is 4. The Hall–Kier alpha value is -7.02. The second-order valence-electron chi connectivity index (χ2n) is 14.3. The molecular weight excluding hydrogens is 649 g/mol. The molecular formula is C54H34. The zero-order valence-corrected chi connectivity index (χ0v) is 29.6. The minimum Gasteiger partial charge on any atom is -0.0622 e. The molecule has 0 unspecified atom stereocenters. The summed E-state index contributed by atoms with van der Waals surface area (Å²) in [5.74, 6) is 0. The van der Waals surface area contributed by atoms with Crippen LogP contribution >= 0.6 is 0 Å². The third-order valence-electron chi connectivity index (χ3n) is 11.4. The van der Waals surface area contributed by atoms with Crippen molar-refractivity contribution in [3.8, 4) is 44.5 Å². The van der Waals surface area contributed by atoms with Crippen LogP contribution in [0, 0.1) is 0 Å². The van der Waals surface area contributed by atoms with Crippen molar-refractivity contribution in [2.45, 2.75) is 0 Å². The molecule has 0 bridgehead atoms. The first kappa shape index (κ1) is 30.6. The zero-order chi connectivity index (χ0) is 35.6. The molecule has 0 radical (unpaired) electrons. The predicted molar refractivity (Wildman–Crippen MR) is 233 cm³/mol. The van der Waals surface area contributed by atoms with Crippen LogP contribution in [-0.2, 0) is 0 Å². The summed E-state index contributed by atoms with van der Waals surface area (Å²) in [5, 5.41) is 15.1. The number of fused-ring (bicyclic) bond motifs is 10. The van der Waals surface area contributed by atoms with Crippen molar-refractivity contribution in [2.24, 2.45) is 0 Å². The van der Waals surface area contributed by atoms with E-state index in [2.05, 4.69) is 206 Å². The molecule has 0 heteroatoms. The Kier molecular flexibility index (Phi) is 6.97. The second kappa shape index (κ2) is 12.3. The van der Waals surface area contributed by atoms with Crippen molar-refractivity contribution < 1.29 is 0 Å². The van der Waals surface area contributed by atoms with Gasteiger partial charge >= 0.3 is 0 Å². The van der Waals surface area contributed by atoms with Crippen LogP contribution in [0.5, 0.6) is 0 Å². The Morgan fingerprint density at radius 3 is 1.17 bits per heavy atom. The molecule has 0 nitrogen and oxygen atoms in total. The highest BCUT2D eigenvalue weighted by molar-refractivity contribution is 6.36. The summed E-state index contributed by atoms with van der Waals surface area (Å²) < 4.78 is 0. The van der Waals surface area contributed by atoms with Gasteiger partial charge in [-0.25, -0.2) is 0 Å². The van der Waals surface area contributed by atoms with Gasteiger partial charge in [0.05, 0.1) is 0 Å². The Labute approximate surface area is 314 Å². The topological polar surface area (TPSA) is 0 Å². The van der Waals surface area contributed by atoms with Crippen LogP contribution < -0.4 is 0 Å². The fourth-order valence-corrected chi connectivity index (χ4v) is 9.09. The molecule has 0 aliphatic heterocycles. The molecule has 0 N–H and O–H groups in total. The van der Waals surface area contributed by atoms with Gasteiger partial charge in [-0.2, -0.15) is 0 Å². The maximum atomic E-state index is 2.42. The van der Waals surface area contributed by atoms with Gasteiger partial charge in [0.2, 0.25) is 0 Å². The lowest BCUT2D eigenvalue weighted by Crippen LogP contribution is -1.97. The molecule has 0 spiro atoms. The van der Waals surface area contributed by atoms with E-state index in [-0.39, 0.29) is 0 Å². The van der Waals surface area contributed by atoms with Crippen molar-refractivity contribution in [1.82, 2.24) is 0 Å². The minimum atomic E-state index is 1.21. The Bertz CT molecular complexity index is 3240. The molecule has 0 saturated carbocycles. The summed E-state index contributed by atoms with van der Waals surface area (Å²) in [4.78, 5) is 0. The molecule has 250 valence electrons. The molecule has 11 aromatic rings. The molecule has 0 aliphatic rings. The van der Waals surface area contributed by atoms with E-state index in [1.165, 1.54) is 109 Å². The first-order valence-corrected chi connectivity index (χ1v) is 18.8. The van der Waals surface area contributed by atoms with E-state index in [9.17, 15) is 0 Å². The van der Waals surface area contributed by atoms with E-state index >= 15 is 0 Å². The van der Waals surface area contributed by atoms with Gasteiger partial charge in [-0.3, -0.25) is 0 Å². The van der Waals surface area contributed by atoms with Crippen LogP contribution in [0.2, 0.25) is 0 Å². The fraction of sp³-hybridized carbons (Fsp3) is 0. The standard InChI is InChI=1S/C54H34/c1-3-15-35(16-4-1)43-30-27-37-19-7-10-22-40(37)50(43)49-34-33-48-46-26-14-13-25-45(46)47-32-29-39-21-9-12-24-42(39)52(47)53(48)54(49)51-41-23-11-8-20-38(41)28-31-44(51)36-17-5-2-6-18-36/h1-34H. The van der Waals surface area contributed by atoms with Crippen LogP contribution in [0.15, 0.2) is 206 Å². The van der Waals surface area contributed by atoms with Gasteiger partial charge in [0.1, 0.15) is 0 Å². The van der Waals surface area contributed by atoms with Crippen molar-refractivity contribution in [1.29, 1.82) is 0 Å². The lowest BCUT2D eigenvalue weighted by atomic mass is 9.78. The van der Waals surface area contributed by atoms with Crippen LogP contribution in [-0.4, -0.2) is 0 Å². The van der Waals surface area contributed by atoms with E-state index in [4.69, 9.17) is 0 Å². The zero-order valence-electron chi connectivity index (χ0n) is 29.6. The third kappa shape index (κ3) is 4.64. The average Bonchev–Trinajstić information content (AvgIpc) is 3.25. The lowest BCUT2D eigenvalue weighted by molar-refractivity contribution is 1.60. The van der Waals surface area contributed by atoms with E-state index in [0.29, 0.717) is 0 Å². The lowest BCUT2D eigenvalue weighted by Gasteiger charge is -2.24. The summed E-state index contributed by atoms with van der Waals surface area (Å²) in [6.07, 6.45) is 0. The van der Waals surface area contributed by atoms with Crippen LogP contribution in [0.25, 0.3) is 109 Å². The Balaban J connectivity index is 1.47. The summed E-state index contributed by atoms with van der Waals surface area (Å²) in [5.41, 5.74) is 9.88. The minimum absolute atomic E-state index is 1.21. The maximum Gasteiger partial charge on any atom is -0.000719 e. The van der Waals surface area contributed by atoms with Gasteiger partial charge in [-0.1, -0.05) is 206 Å². The van der Waals surface area contributed by atoms with Crippen LogP contribution in [0.4, 0.5) is 0 Å². The highest BCUT2D eigenvalue weighted by Crippen LogP contribution is 2.52. The molecule has 11 aromatic carbocycles. The molecule has 11 rings (SSSR count). The van der Waals surface area contributed by atoms with Crippen molar-refractivity contribution in [3.05, 3.63) is 206 Å². The highest BCUT2D eigenvalue weighted by atomic mass is 14.3. The fourth-order valence-electron chi connectivity index (χ4n) is 9.09. The van der Waals surface area contributed by atoms with Crippen molar-refractivity contribution in [2.75, 3.05) is 0 Å².